The molecule has 0 amide bonds. The highest BCUT2D eigenvalue weighted by atomic mass is 16.5. The lowest BCUT2D eigenvalue weighted by atomic mass is 9.88. The van der Waals surface area contributed by atoms with E-state index in [2.05, 4.69) is 42.6 Å². The number of ether oxygens (including phenoxy) is 1. The van der Waals surface area contributed by atoms with Crippen molar-refractivity contribution in [2.45, 2.75) is 56.7 Å². The highest BCUT2D eigenvalue weighted by Gasteiger charge is 2.43. The third kappa shape index (κ3) is 2.70. The molecule has 1 heterocycles. The fourth-order valence-electron chi connectivity index (χ4n) is 3.67. The van der Waals surface area contributed by atoms with Crippen LogP contribution < -0.4 is 5.32 Å². The molecule has 1 aromatic rings. The summed E-state index contributed by atoms with van der Waals surface area (Å²) < 4.78 is 6.77. The molecule has 1 saturated carbocycles. The molecule has 1 aliphatic carbocycles. The minimum Gasteiger partial charge on any atom is -0.364 e. The number of piperidine rings is 1. The molecule has 104 valence electrons. The maximum Gasteiger partial charge on any atom is 0.0938 e. The second-order valence-electron chi connectivity index (χ2n) is 6.37. The quantitative estimate of drug-likeness (QED) is 0.895. The molecule has 2 heteroatoms. The van der Waals surface area contributed by atoms with Gasteiger partial charge < -0.3 is 10.1 Å². The van der Waals surface area contributed by atoms with E-state index < -0.39 is 0 Å². The first-order valence-electron chi connectivity index (χ1n) is 7.69. The fourth-order valence-corrected chi connectivity index (χ4v) is 3.67. The number of nitrogens with one attached hydrogen (secondary N) is 1. The summed E-state index contributed by atoms with van der Waals surface area (Å²) in [6.07, 6.45) is 7.20. The Kier molecular flexibility index (Phi) is 3.64. The van der Waals surface area contributed by atoms with Crippen LogP contribution in [0.25, 0.3) is 0 Å². The van der Waals surface area contributed by atoms with Gasteiger partial charge in [-0.15, -0.1) is 0 Å². The smallest absolute Gasteiger partial charge is 0.0938 e. The van der Waals surface area contributed by atoms with Crippen LogP contribution in [-0.2, 0) is 10.3 Å². The van der Waals surface area contributed by atoms with Crippen LogP contribution in [0.15, 0.2) is 30.3 Å². The van der Waals surface area contributed by atoms with Crippen molar-refractivity contribution in [2.75, 3.05) is 13.1 Å². The number of benzene rings is 1. The first-order chi connectivity index (χ1) is 9.23. The third-order valence-corrected chi connectivity index (χ3v) is 4.81. The number of hydrogen-bond donors (Lipinski definition) is 1. The van der Waals surface area contributed by atoms with E-state index in [9.17, 15) is 0 Å². The second-order valence-corrected chi connectivity index (χ2v) is 6.37. The Bertz CT molecular complexity index is 403. The second kappa shape index (κ2) is 5.26. The van der Waals surface area contributed by atoms with Gasteiger partial charge in [-0.25, -0.2) is 0 Å². The van der Waals surface area contributed by atoms with Gasteiger partial charge in [-0.05, 0) is 51.3 Å². The fraction of sp³-hybridized carbons (Fsp3) is 0.647. The number of hydrogen-bond acceptors (Lipinski definition) is 2. The maximum absolute atomic E-state index is 6.77. The van der Waals surface area contributed by atoms with Crippen LogP contribution in [0, 0.1) is 0 Å². The average Bonchev–Trinajstić information content (AvgIpc) is 2.90. The van der Waals surface area contributed by atoms with E-state index in [1.165, 1.54) is 31.2 Å². The zero-order valence-electron chi connectivity index (χ0n) is 12.0. The first kappa shape index (κ1) is 13.1. The van der Waals surface area contributed by atoms with Gasteiger partial charge in [0.2, 0.25) is 0 Å². The molecular formula is C17H25NO. The standard InChI is InChI=1S/C17H25NO/c1-16(11-13-18-14-12-16)19-17(9-5-6-10-17)15-7-3-2-4-8-15/h2-4,7-8,18H,5-6,9-14H2,1H3. The van der Waals surface area contributed by atoms with E-state index in [4.69, 9.17) is 4.74 Å². The van der Waals surface area contributed by atoms with E-state index >= 15 is 0 Å². The zero-order valence-corrected chi connectivity index (χ0v) is 12.0. The predicted molar refractivity (Wildman–Crippen MR) is 78.2 cm³/mol. The van der Waals surface area contributed by atoms with Crippen LogP contribution in [0.2, 0.25) is 0 Å². The molecule has 1 saturated heterocycles. The van der Waals surface area contributed by atoms with Crippen LogP contribution in [0.3, 0.4) is 0 Å². The summed E-state index contributed by atoms with van der Waals surface area (Å²) >= 11 is 0. The van der Waals surface area contributed by atoms with Crippen LogP contribution in [0.4, 0.5) is 0 Å². The predicted octanol–water partition coefficient (Wildman–Crippen LogP) is 3.61. The Morgan fingerprint density at radius 2 is 1.58 bits per heavy atom. The molecule has 0 spiro atoms. The minimum atomic E-state index is -0.0205. The molecule has 0 unspecified atom stereocenters. The molecule has 1 aliphatic heterocycles. The molecular weight excluding hydrogens is 234 g/mol. The molecule has 0 aromatic heterocycles. The minimum absolute atomic E-state index is 0.0205. The number of rotatable bonds is 3. The Balaban J connectivity index is 1.85. The van der Waals surface area contributed by atoms with Crippen molar-refractivity contribution in [3.63, 3.8) is 0 Å². The summed E-state index contributed by atoms with van der Waals surface area (Å²) in [5, 5.41) is 3.44. The van der Waals surface area contributed by atoms with Crippen molar-refractivity contribution in [1.82, 2.24) is 5.32 Å². The molecule has 2 nitrogen and oxygen atoms in total. The Morgan fingerprint density at radius 3 is 2.21 bits per heavy atom. The summed E-state index contributed by atoms with van der Waals surface area (Å²) in [7, 11) is 0. The summed E-state index contributed by atoms with van der Waals surface area (Å²) in [6, 6.07) is 10.9. The maximum atomic E-state index is 6.77. The zero-order chi connectivity index (χ0) is 13.2. The van der Waals surface area contributed by atoms with Crippen molar-refractivity contribution in [3.05, 3.63) is 35.9 Å². The summed E-state index contributed by atoms with van der Waals surface area (Å²) in [5.41, 5.74) is 1.41. The van der Waals surface area contributed by atoms with Crippen LogP contribution in [0.1, 0.15) is 51.0 Å². The molecule has 0 radical (unpaired) electrons. The molecule has 0 bridgehead atoms. The van der Waals surface area contributed by atoms with Crippen molar-refractivity contribution in [2.24, 2.45) is 0 Å². The van der Waals surface area contributed by atoms with Gasteiger partial charge in [0.25, 0.3) is 0 Å². The molecule has 0 atom stereocenters. The molecule has 3 rings (SSSR count). The Hall–Kier alpha value is -0.860. The van der Waals surface area contributed by atoms with Crippen molar-refractivity contribution < 1.29 is 4.74 Å². The van der Waals surface area contributed by atoms with Crippen molar-refractivity contribution in [1.29, 1.82) is 0 Å². The average molecular weight is 259 g/mol. The topological polar surface area (TPSA) is 21.3 Å². The largest absolute Gasteiger partial charge is 0.364 e. The summed E-state index contributed by atoms with van der Waals surface area (Å²) in [4.78, 5) is 0. The highest BCUT2D eigenvalue weighted by molar-refractivity contribution is 5.24. The summed E-state index contributed by atoms with van der Waals surface area (Å²) in [5.74, 6) is 0. The van der Waals surface area contributed by atoms with Crippen LogP contribution in [-0.4, -0.2) is 18.7 Å². The summed E-state index contributed by atoms with van der Waals surface area (Å²) in [6.45, 7) is 4.47. The van der Waals surface area contributed by atoms with Gasteiger partial charge in [-0.1, -0.05) is 43.2 Å². The SMILES string of the molecule is CC1(OC2(c3ccccc3)CCCC2)CCNCC1. The molecule has 1 N–H and O–H groups in total. The lowest BCUT2D eigenvalue weighted by molar-refractivity contribution is -0.163. The van der Waals surface area contributed by atoms with E-state index in [0.29, 0.717) is 0 Å². The van der Waals surface area contributed by atoms with E-state index in [0.717, 1.165) is 25.9 Å². The van der Waals surface area contributed by atoms with Crippen LogP contribution >= 0.6 is 0 Å². The van der Waals surface area contributed by atoms with Gasteiger partial charge in [0.1, 0.15) is 0 Å². The van der Waals surface area contributed by atoms with E-state index in [1.807, 2.05) is 0 Å². The Morgan fingerprint density at radius 1 is 0.947 bits per heavy atom. The van der Waals surface area contributed by atoms with Gasteiger partial charge in [-0.2, -0.15) is 0 Å². The highest BCUT2D eigenvalue weighted by Crippen LogP contribution is 2.46. The lowest BCUT2D eigenvalue weighted by Crippen LogP contribution is -2.46. The van der Waals surface area contributed by atoms with E-state index in [-0.39, 0.29) is 11.2 Å². The molecule has 19 heavy (non-hydrogen) atoms. The monoisotopic (exact) mass is 259 g/mol. The molecule has 1 aromatic carbocycles. The van der Waals surface area contributed by atoms with Gasteiger partial charge in [0, 0.05) is 0 Å². The Labute approximate surface area is 116 Å². The van der Waals surface area contributed by atoms with Crippen LogP contribution in [0.5, 0.6) is 0 Å². The van der Waals surface area contributed by atoms with Crippen molar-refractivity contribution >= 4 is 0 Å². The van der Waals surface area contributed by atoms with Crippen molar-refractivity contribution in [3.8, 4) is 0 Å². The normalized spacial score (nSPS) is 25.3. The van der Waals surface area contributed by atoms with Gasteiger partial charge in [-0.3, -0.25) is 0 Å². The molecule has 2 aliphatic rings. The first-order valence-corrected chi connectivity index (χ1v) is 7.69. The molecule has 2 fully saturated rings. The van der Waals surface area contributed by atoms with Gasteiger partial charge in [0.15, 0.2) is 0 Å². The third-order valence-electron chi connectivity index (χ3n) is 4.81. The van der Waals surface area contributed by atoms with E-state index in [1.54, 1.807) is 0 Å². The van der Waals surface area contributed by atoms with Gasteiger partial charge >= 0.3 is 0 Å². The lowest BCUT2D eigenvalue weighted by Gasteiger charge is -2.43. The van der Waals surface area contributed by atoms with Gasteiger partial charge in [0.05, 0.1) is 11.2 Å².